The van der Waals surface area contributed by atoms with Crippen molar-refractivity contribution in [2.75, 3.05) is 0 Å². The van der Waals surface area contributed by atoms with E-state index in [0.717, 1.165) is 19.3 Å². The predicted molar refractivity (Wildman–Crippen MR) is 229 cm³/mol. The second-order valence-corrected chi connectivity index (χ2v) is 25.4. The van der Waals surface area contributed by atoms with Crippen LogP contribution in [0.4, 0.5) is 0 Å². The molecule has 0 aromatic carbocycles. The molecular weight excluding hydrogens is 731 g/mol. The Morgan fingerprint density at radius 2 is 0.793 bits per heavy atom. The highest BCUT2D eigenvalue weighted by Crippen LogP contribution is 2.49. The first-order valence-electron chi connectivity index (χ1n) is 22.7. The van der Waals surface area contributed by atoms with Gasteiger partial charge in [0.05, 0.1) is 17.8 Å². The molecule has 0 aromatic rings. The van der Waals surface area contributed by atoms with Crippen LogP contribution < -0.4 is 16.0 Å². The van der Waals surface area contributed by atoms with E-state index in [1.54, 1.807) is 0 Å². The molecule has 2 saturated carbocycles. The number of carbonyl (C=O) groups excluding carboxylic acids is 4. The maximum atomic E-state index is 15.0. The van der Waals surface area contributed by atoms with Crippen LogP contribution in [0.1, 0.15) is 188 Å². The Hall–Kier alpha value is -2.04. The lowest BCUT2D eigenvalue weighted by Gasteiger charge is -2.48. The molecule has 0 spiro atoms. The molecule has 3 heterocycles. The van der Waals surface area contributed by atoms with Gasteiger partial charge in [0, 0.05) is 71.3 Å². The molecule has 0 amide bonds. The summed E-state index contributed by atoms with van der Waals surface area (Å²) in [5.41, 5.74) is -1.48. The van der Waals surface area contributed by atoms with Crippen molar-refractivity contribution in [2.24, 2.45) is 40.4 Å². The van der Waals surface area contributed by atoms with Crippen molar-refractivity contribution in [1.82, 2.24) is 16.0 Å². The minimum absolute atomic E-state index is 0.0378. The summed E-state index contributed by atoms with van der Waals surface area (Å²) >= 11 is 0. The second kappa shape index (κ2) is 16.0. The molecule has 332 valence electrons. The van der Waals surface area contributed by atoms with E-state index in [4.69, 9.17) is 14.2 Å². The molecule has 5 fully saturated rings. The fourth-order valence-corrected chi connectivity index (χ4v) is 13.7. The lowest BCUT2D eigenvalue weighted by molar-refractivity contribution is -0.182. The van der Waals surface area contributed by atoms with Crippen molar-refractivity contribution < 1.29 is 33.4 Å². The number of rotatable bonds is 9. The van der Waals surface area contributed by atoms with Gasteiger partial charge in [-0.25, -0.2) is 0 Å². The number of carbonyl (C=O) groups is 4. The molecule has 4 atom stereocenters. The topological polar surface area (TPSA) is 132 Å². The number of hydrogen-bond acceptors (Lipinski definition) is 10. The summed E-state index contributed by atoms with van der Waals surface area (Å²) in [6.45, 7) is 34.4. The zero-order valence-electron chi connectivity index (χ0n) is 39.5. The van der Waals surface area contributed by atoms with E-state index in [1.807, 2.05) is 0 Å². The third-order valence-electron chi connectivity index (χ3n) is 13.7. The van der Waals surface area contributed by atoms with Crippen LogP contribution in [-0.4, -0.2) is 75.2 Å². The fourth-order valence-electron chi connectivity index (χ4n) is 13.7. The van der Waals surface area contributed by atoms with Gasteiger partial charge in [0.15, 0.2) is 0 Å². The van der Waals surface area contributed by atoms with Gasteiger partial charge in [-0.15, -0.1) is 0 Å². The van der Waals surface area contributed by atoms with Crippen molar-refractivity contribution in [3.05, 3.63) is 0 Å². The van der Waals surface area contributed by atoms with Crippen LogP contribution in [0, 0.1) is 40.4 Å². The van der Waals surface area contributed by atoms with Crippen LogP contribution in [0.5, 0.6) is 0 Å². The summed E-state index contributed by atoms with van der Waals surface area (Å²) in [5.74, 6) is -5.14. The number of nitrogens with one attached hydrogen (secondary N) is 3. The zero-order valence-corrected chi connectivity index (χ0v) is 39.5. The summed E-state index contributed by atoms with van der Waals surface area (Å²) in [6, 6.07) is 0. The summed E-state index contributed by atoms with van der Waals surface area (Å²) in [7, 11) is 0. The van der Waals surface area contributed by atoms with Crippen LogP contribution in [0.15, 0.2) is 0 Å². The predicted octanol–water partition coefficient (Wildman–Crippen LogP) is 8.61. The van der Waals surface area contributed by atoms with E-state index in [9.17, 15) is 14.4 Å². The number of ketones is 1. The second-order valence-electron chi connectivity index (χ2n) is 25.4. The van der Waals surface area contributed by atoms with Crippen molar-refractivity contribution in [3.8, 4) is 0 Å². The maximum absolute atomic E-state index is 15.0. The Kier molecular flexibility index (Phi) is 13.0. The van der Waals surface area contributed by atoms with E-state index in [1.165, 1.54) is 0 Å². The van der Waals surface area contributed by atoms with Crippen molar-refractivity contribution >= 4 is 23.7 Å². The molecule has 5 aliphatic rings. The monoisotopic (exact) mass is 814 g/mol. The first-order valence-corrected chi connectivity index (χ1v) is 22.7. The lowest BCUT2D eigenvalue weighted by Crippen LogP contribution is -2.60. The first kappa shape index (κ1) is 47.0. The minimum atomic E-state index is -1.06. The number of piperidine rings is 3. The summed E-state index contributed by atoms with van der Waals surface area (Å²) < 4.78 is 19.3. The standard InChI is InChI=1S/C48H83N3O7/c1-41(2)22-31(23-42(3,4)28-41)57-39(54)35-19-30(38(53)56-32-24-45(9,10)50-46(11,12)25-32)18-34(36(52)17-29-20-43(5,6)49-44(7,8)21-29)37(35)40(55)58-33-26-47(13,14)51-48(15,16)27-33/h29-35,37,49-51H,17-28H2,1-16H3. The third kappa shape index (κ3) is 12.5. The van der Waals surface area contributed by atoms with Gasteiger partial charge in [-0.3, -0.25) is 19.2 Å². The Morgan fingerprint density at radius 3 is 1.22 bits per heavy atom. The molecular formula is C48H83N3O7. The largest absolute Gasteiger partial charge is 0.462 e. The number of esters is 3. The Balaban J connectivity index is 1.51. The van der Waals surface area contributed by atoms with Crippen LogP contribution in [0.25, 0.3) is 0 Å². The molecule has 3 aliphatic heterocycles. The summed E-state index contributed by atoms with van der Waals surface area (Å²) in [5, 5.41) is 11.1. The van der Waals surface area contributed by atoms with Gasteiger partial charge in [-0.1, -0.05) is 27.7 Å². The van der Waals surface area contributed by atoms with E-state index in [-0.39, 0.29) is 87.2 Å². The molecule has 3 N–H and O–H groups in total. The fraction of sp³-hybridized carbons (Fsp3) is 0.917. The Labute approximate surface area is 351 Å². The maximum Gasteiger partial charge on any atom is 0.310 e. The van der Waals surface area contributed by atoms with Crippen LogP contribution in [0.2, 0.25) is 0 Å². The normalized spacial score (nSPS) is 33.0. The molecule has 10 heteroatoms. The van der Waals surface area contributed by atoms with Gasteiger partial charge in [0.2, 0.25) is 0 Å². The van der Waals surface area contributed by atoms with Gasteiger partial charge in [-0.2, -0.15) is 0 Å². The molecule has 3 saturated heterocycles. The SMILES string of the molecule is CC1(C)CC(OC(=O)C2CC(C(=O)OC3CC(C)(C)NC(C)(C)C3)CC(C(=O)CC3CC(C)(C)NC(C)(C)C3)C2C(=O)OC2CC(C)(C)NC(C)(C)C2)CC(C)(C)C1. The molecule has 0 radical (unpaired) electrons. The zero-order chi connectivity index (χ0) is 43.7. The van der Waals surface area contributed by atoms with Crippen molar-refractivity contribution in [2.45, 2.75) is 239 Å². The van der Waals surface area contributed by atoms with Gasteiger partial charge >= 0.3 is 17.9 Å². The highest BCUT2D eigenvalue weighted by Gasteiger charge is 2.54. The van der Waals surface area contributed by atoms with Crippen LogP contribution in [0.3, 0.4) is 0 Å². The van der Waals surface area contributed by atoms with Gasteiger partial charge < -0.3 is 30.2 Å². The molecule has 5 rings (SSSR count). The summed E-state index contributed by atoms with van der Waals surface area (Å²) in [4.78, 5) is 59.2. The highest BCUT2D eigenvalue weighted by atomic mass is 16.6. The van der Waals surface area contributed by atoms with Crippen LogP contribution in [-0.2, 0) is 33.4 Å². The van der Waals surface area contributed by atoms with E-state index < -0.39 is 47.7 Å². The third-order valence-corrected chi connectivity index (χ3v) is 13.7. The van der Waals surface area contributed by atoms with E-state index in [2.05, 4.69) is 127 Å². The Bertz CT molecular complexity index is 1430. The van der Waals surface area contributed by atoms with Crippen molar-refractivity contribution in [3.63, 3.8) is 0 Å². The van der Waals surface area contributed by atoms with Gasteiger partial charge in [0.1, 0.15) is 24.1 Å². The minimum Gasteiger partial charge on any atom is -0.462 e. The quantitative estimate of drug-likeness (QED) is 0.154. The summed E-state index contributed by atoms with van der Waals surface area (Å²) in [6.07, 6.45) is 5.96. The molecule has 10 nitrogen and oxygen atoms in total. The van der Waals surface area contributed by atoms with Crippen molar-refractivity contribution in [1.29, 1.82) is 0 Å². The first-order chi connectivity index (χ1) is 26.1. The number of ether oxygens (including phenoxy) is 3. The highest BCUT2D eigenvalue weighted by molar-refractivity contribution is 5.92. The smallest absolute Gasteiger partial charge is 0.310 e. The number of hydrogen-bond donors (Lipinski definition) is 3. The van der Waals surface area contributed by atoms with E-state index in [0.29, 0.717) is 38.5 Å². The van der Waals surface area contributed by atoms with E-state index >= 15 is 4.79 Å². The molecule has 0 aromatic heterocycles. The molecule has 2 aliphatic carbocycles. The molecule has 4 unspecified atom stereocenters. The van der Waals surface area contributed by atoms with Gasteiger partial charge in [0.25, 0.3) is 0 Å². The molecule has 0 bridgehead atoms. The average Bonchev–Trinajstić information content (AvgIpc) is 2.93. The van der Waals surface area contributed by atoms with Gasteiger partial charge in [-0.05, 0) is 145 Å². The molecule has 58 heavy (non-hydrogen) atoms. The number of Topliss-reactive ketones (excluding diaryl/α,β-unsaturated/α-hetero) is 1. The Morgan fingerprint density at radius 1 is 0.448 bits per heavy atom. The lowest BCUT2D eigenvalue weighted by atomic mass is 9.63. The average molecular weight is 814 g/mol. The van der Waals surface area contributed by atoms with Crippen LogP contribution >= 0.6 is 0 Å².